The van der Waals surface area contributed by atoms with Crippen LogP contribution in [0, 0.1) is 0 Å². The lowest BCUT2D eigenvalue weighted by Gasteiger charge is -2.18. The summed E-state index contributed by atoms with van der Waals surface area (Å²) in [5.74, 6) is 0.256. The van der Waals surface area contributed by atoms with Gasteiger partial charge in [0.25, 0.3) is 11.8 Å². The molecule has 34 heavy (non-hydrogen) atoms. The average molecular weight is 458 g/mol. The van der Waals surface area contributed by atoms with Crippen LogP contribution in [0.25, 0.3) is 5.57 Å². The fraction of sp³-hybridized carbons (Fsp3) is 0.185. The minimum atomic E-state index is -0.449. The number of carbonyl (C=O) groups is 2. The van der Waals surface area contributed by atoms with Crippen molar-refractivity contribution in [2.45, 2.75) is 6.92 Å². The van der Waals surface area contributed by atoms with E-state index in [1.54, 1.807) is 48.5 Å². The maximum atomic E-state index is 13.7. The number of anilines is 3. The van der Waals surface area contributed by atoms with Gasteiger partial charge in [-0.1, -0.05) is 24.3 Å². The number of hydrogen-bond donors (Lipinski definition) is 1. The fourth-order valence-corrected chi connectivity index (χ4v) is 3.82. The molecule has 0 fully saturated rings. The van der Waals surface area contributed by atoms with Crippen molar-refractivity contribution in [3.05, 3.63) is 84.1 Å². The Hall–Kier alpha value is -4.26. The van der Waals surface area contributed by atoms with Gasteiger partial charge in [-0.15, -0.1) is 0 Å². The molecule has 0 spiro atoms. The number of rotatable bonds is 8. The highest BCUT2D eigenvalue weighted by Crippen LogP contribution is 2.38. The molecule has 174 valence electrons. The number of hydrogen-bond acceptors (Lipinski definition) is 6. The summed E-state index contributed by atoms with van der Waals surface area (Å²) in [6, 6.07) is 21.8. The number of nitrogens with zero attached hydrogens (tertiary/aromatic N) is 2. The number of para-hydroxylation sites is 2. The maximum absolute atomic E-state index is 13.7. The molecule has 0 bridgehead atoms. The lowest BCUT2D eigenvalue weighted by molar-refractivity contribution is -0.120. The Morgan fingerprint density at radius 3 is 2.18 bits per heavy atom. The lowest BCUT2D eigenvalue weighted by Crippen LogP contribution is -2.32. The summed E-state index contributed by atoms with van der Waals surface area (Å²) >= 11 is 0. The Bertz CT molecular complexity index is 1230. The highest BCUT2D eigenvalue weighted by Gasteiger charge is 2.41. The largest absolute Gasteiger partial charge is 0.495 e. The van der Waals surface area contributed by atoms with E-state index in [1.807, 2.05) is 50.2 Å². The number of methoxy groups -OCH3 is 1. The van der Waals surface area contributed by atoms with Crippen molar-refractivity contribution in [1.82, 2.24) is 0 Å². The van der Waals surface area contributed by atoms with Gasteiger partial charge in [-0.2, -0.15) is 0 Å². The smallest absolute Gasteiger partial charge is 0.282 e. The Balaban J connectivity index is 1.78. The summed E-state index contributed by atoms with van der Waals surface area (Å²) in [5, 5.41) is 3.19. The van der Waals surface area contributed by atoms with Crippen molar-refractivity contribution in [1.29, 1.82) is 0 Å². The third-order valence-corrected chi connectivity index (χ3v) is 5.52. The van der Waals surface area contributed by atoms with Gasteiger partial charge in [-0.05, 0) is 61.0 Å². The molecule has 0 radical (unpaired) electrons. The Morgan fingerprint density at radius 1 is 0.882 bits per heavy atom. The molecule has 0 atom stereocenters. The van der Waals surface area contributed by atoms with Gasteiger partial charge in [0.1, 0.15) is 17.2 Å². The first-order valence-corrected chi connectivity index (χ1v) is 11.0. The number of amides is 2. The monoisotopic (exact) mass is 457 g/mol. The quantitative estimate of drug-likeness (QED) is 0.500. The average Bonchev–Trinajstić information content (AvgIpc) is 3.09. The summed E-state index contributed by atoms with van der Waals surface area (Å²) in [6.45, 7) is 2.45. The minimum absolute atomic E-state index is 0.206. The van der Waals surface area contributed by atoms with Gasteiger partial charge in [-0.3, -0.25) is 9.59 Å². The van der Waals surface area contributed by atoms with Crippen LogP contribution in [-0.2, 0) is 9.59 Å². The van der Waals surface area contributed by atoms with Gasteiger partial charge < -0.3 is 19.7 Å². The fourth-order valence-electron chi connectivity index (χ4n) is 3.82. The molecule has 2 amide bonds. The summed E-state index contributed by atoms with van der Waals surface area (Å²) < 4.78 is 11.0. The summed E-state index contributed by atoms with van der Waals surface area (Å²) in [6.07, 6.45) is 0. The second kappa shape index (κ2) is 9.70. The molecule has 7 heteroatoms. The molecule has 1 aliphatic heterocycles. The SMILES string of the molecule is CCOc1ccc(C2=C(Nc3ccc(N(C)C)cc3)C(=O)N(c3ccccc3OC)C2=O)cc1. The first-order chi connectivity index (χ1) is 16.4. The molecule has 3 aromatic carbocycles. The summed E-state index contributed by atoms with van der Waals surface area (Å²) in [7, 11) is 5.43. The Kier molecular flexibility index (Phi) is 6.54. The lowest BCUT2D eigenvalue weighted by atomic mass is 10.0. The second-order valence-electron chi connectivity index (χ2n) is 7.89. The summed E-state index contributed by atoms with van der Waals surface area (Å²) in [4.78, 5) is 30.4. The standard InChI is InChI=1S/C27H27N3O4/c1-5-34-21-16-10-18(11-17-21)24-25(28-19-12-14-20(15-13-19)29(2)3)27(32)30(26(24)31)22-8-6-7-9-23(22)33-4/h6-17,28H,5H2,1-4H3. The molecular formula is C27H27N3O4. The van der Waals surface area contributed by atoms with Crippen LogP contribution in [0.5, 0.6) is 11.5 Å². The van der Waals surface area contributed by atoms with Gasteiger partial charge in [0, 0.05) is 25.5 Å². The van der Waals surface area contributed by atoms with E-state index in [0.717, 1.165) is 10.6 Å². The van der Waals surface area contributed by atoms with Gasteiger partial charge in [0.2, 0.25) is 0 Å². The third-order valence-electron chi connectivity index (χ3n) is 5.52. The third kappa shape index (κ3) is 4.32. The van der Waals surface area contributed by atoms with Crippen LogP contribution in [-0.4, -0.2) is 39.6 Å². The van der Waals surface area contributed by atoms with Crippen LogP contribution in [0.2, 0.25) is 0 Å². The van der Waals surface area contributed by atoms with E-state index in [0.29, 0.717) is 35.0 Å². The topological polar surface area (TPSA) is 71.1 Å². The van der Waals surface area contributed by atoms with Crippen molar-refractivity contribution >= 4 is 34.4 Å². The van der Waals surface area contributed by atoms with Crippen molar-refractivity contribution in [3.8, 4) is 11.5 Å². The van der Waals surface area contributed by atoms with Crippen LogP contribution in [0.1, 0.15) is 12.5 Å². The van der Waals surface area contributed by atoms with Gasteiger partial charge in [-0.25, -0.2) is 4.90 Å². The molecule has 0 aromatic heterocycles. The van der Waals surface area contributed by atoms with Crippen LogP contribution in [0.15, 0.2) is 78.5 Å². The minimum Gasteiger partial charge on any atom is -0.495 e. The van der Waals surface area contributed by atoms with E-state index < -0.39 is 11.8 Å². The number of ether oxygens (including phenoxy) is 2. The van der Waals surface area contributed by atoms with Crippen molar-refractivity contribution in [3.63, 3.8) is 0 Å². The number of imide groups is 1. The summed E-state index contributed by atoms with van der Waals surface area (Å²) in [5.41, 5.74) is 3.23. The van der Waals surface area contributed by atoms with Crippen molar-refractivity contribution < 1.29 is 19.1 Å². The van der Waals surface area contributed by atoms with E-state index in [-0.39, 0.29) is 11.3 Å². The molecular weight excluding hydrogens is 430 g/mol. The van der Waals surface area contributed by atoms with Crippen LogP contribution in [0.3, 0.4) is 0 Å². The molecule has 1 aliphatic rings. The van der Waals surface area contributed by atoms with E-state index in [1.165, 1.54) is 7.11 Å². The Morgan fingerprint density at radius 2 is 1.56 bits per heavy atom. The Labute approximate surface area is 199 Å². The van der Waals surface area contributed by atoms with Crippen LogP contribution < -0.4 is 24.6 Å². The predicted molar refractivity (Wildman–Crippen MR) is 134 cm³/mol. The molecule has 3 aromatic rings. The zero-order valence-electron chi connectivity index (χ0n) is 19.7. The van der Waals surface area contributed by atoms with Gasteiger partial charge in [0.05, 0.1) is 25.0 Å². The van der Waals surface area contributed by atoms with E-state index in [2.05, 4.69) is 5.32 Å². The molecule has 0 saturated carbocycles. The number of carbonyl (C=O) groups excluding carboxylic acids is 2. The second-order valence-corrected chi connectivity index (χ2v) is 7.89. The van der Waals surface area contributed by atoms with Gasteiger partial charge >= 0.3 is 0 Å². The molecule has 4 rings (SSSR count). The van der Waals surface area contributed by atoms with E-state index in [4.69, 9.17) is 9.47 Å². The maximum Gasteiger partial charge on any atom is 0.282 e. The van der Waals surface area contributed by atoms with Crippen LogP contribution in [0.4, 0.5) is 17.1 Å². The zero-order chi connectivity index (χ0) is 24.2. The molecule has 7 nitrogen and oxygen atoms in total. The number of benzene rings is 3. The molecule has 1 N–H and O–H groups in total. The highest BCUT2D eigenvalue weighted by atomic mass is 16.5. The predicted octanol–water partition coefficient (Wildman–Crippen LogP) is 4.56. The molecule has 0 aliphatic carbocycles. The molecule has 1 heterocycles. The first kappa shape index (κ1) is 22.9. The molecule has 0 saturated heterocycles. The van der Waals surface area contributed by atoms with Crippen LogP contribution >= 0.6 is 0 Å². The normalized spacial score (nSPS) is 13.4. The number of nitrogens with one attached hydrogen (secondary N) is 1. The highest BCUT2D eigenvalue weighted by molar-refractivity contribution is 6.46. The van der Waals surface area contributed by atoms with Gasteiger partial charge in [0.15, 0.2) is 0 Å². The van der Waals surface area contributed by atoms with Crippen molar-refractivity contribution in [2.24, 2.45) is 0 Å². The van der Waals surface area contributed by atoms with E-state index in [9.17, 15) is 9.59 Å². The van der Waals surface area contributed by atoms with E-state index >= 15 is 0 Å². The first-order valence-electron chi connectivity index (χ1n) is 11.0. The molecule has 0 unspecified atom stereocenters. The zero-order valence-corrected chi connectivity index (χ0v) is 19.7. The van der Waals surface area contributed by atoms with Crippen molar-refractivity contribution in [2.75, 3.05) is 42.9 Å².